The number of rotatable bonds is 12. The molecule has 0 atom stereocenters. The maximum absolute atomic E-state index is 12.0. The van der Waals surface area contributed by atoms with E-state index in [0.717, 1.165) is 36.4 Å². The van der Waals surface area contributed by atoms with E-state index in [9.17, 15) is 4.79 Å². The number of benzene rings is 2. The average Bonchev–Trinajstić information content (AvgIpc) is 2.79. The number of carbonyl (C=O) groups is 1. The number of halogens is 1. The molecule has 182 valence electrons. The Bertz CT molecular complexity index is 860. The second kappa shape index (κ2) is 16.2. The van der Waals surface area contributed by atoms with Crippen LogP contribution in [0.4, 0.5) is 0 Å². The van der Waals surface area contributed by atoms with Crippen molar-refractivity contribution < 1.29 is 14.3 Å². The highest BCUT2D eigenvalue weighted by Crippen LogP contribution is 2.28. The van der Waals surface area contributed by atoms with Crippen molar-refractivity contribution in [2.24, 2.45) is 4.99 Å². The van der Waals surface area contributed by atoms with Crippen molar-refractivity contribution in [1.29, 1.82) is 0 Å². The van der Waals surface area contributed by atoms with Crippen LogP contribution in [0.2, 0.25) is 0 Å². The molecule has 2 rings (SSSR count). The van der Waals surface area contributed by atoms with Gasteiger partial charge >= 0.3 is 0 Å². The van der Waals surface area contributed by atoms with E-state index in [2.05, 4.69) is 27.8 Å². The number of hydrogen-bond acceptors (Lipinski definition) is 4. The van der Waals surface area contributed by atoms with Gasteiger partial charge in [0.2, 0.25) is 5.91 Å². The summed E-state index contributed by atoms with van der Waals surface area (Å²) in [7, 11) is 3.46. The number of guanidine groups is 1. The molecule has 7 nitrogen and oxygen atoms in total. The predicted molar refractivity (Wildman–Crippen MR) is 145 cm³/mol. The molecule has 0 fully saturated rings. The molecule has 0 aliphatic rings. The van der Waals surface area contributed by atoms with Crippen LogP contribution in [0.15, 0.2) is 53.5 Å². The number of ether oxygens (including phenoxy) is 2. The molecule has 0 aliphatic carbocycles. The minimum Gasteiger partial charge on any atom is -0.490 e. The van der Waals surface area contributed by atoms with Gasteiger partial charge in [-0.15, -0.1) is 24.0 Å². The Morgan fingerprint density at radius 1 is 0.879 bits per heavy atom. The Hall–Kier alpha value is -2.49. The van der Waals surface area contributed by atoms with E-state index in [4.69, 9.17) is 9.47 Å². The number of nitrogens with one attached hydrogen (secondary N) is 2. The van der Waals surface area contributed by atoms with E-state index in [1.165, 1.54) is 5.56 Å². The van der Waals surface area contributed by atoms with Crippen molar-refractivity contribution in [2.75, 3.05) is 46.9 Å². The summed E-state index contributed by atoms with van der Waals surface area (Å²) in [6.07, 6.45) is 1.66. The highest BCUT2D eigenvalue weighted by atomic mass is 127. The maximum Gasteiger partial charge on any atom is 0.243 e. The minimum absolute atomic E-state index is 0. The highest BCUT2D eigenvalue weighted by molar-refractivity contribution is 14.0. The van der Waals surface area contributed by atoms with Gasteiger partial charge in [-0.1, -0.05) is 36.4 Å². The van der Waals surface area contributed by atoms with Crippen molar-refractivity contribution in [3.63, 3.8) is 0 Å². The van der Waals surface area contributed by atoms with E-state index in [1.807, 2.05) is 50.2 Å². The van der Waals surface area contributed by atoms with Crippen LogP contribution in [0.1, 0.15) is 25.0 Å². The van der Waals surface area contributed by atoms with Gasteiger partial charge in [0.05, 0.1) is 13.2 Å². The monoisotopic (exact) mass is 568 g/mol. The van der Waals surface area contributed by atoms with Gasteiger partial charge in [-0.25, -0.2) is 4.99 Å². The van der Waals surface area contributed by atoms with Gasteiger partial charge < -0.3 is 25.0 Å². The van der Waals surface area contributed by atoms with Crippen LogP contribution >= 0.6 is 24.0 Å². The summed E-state index contributed by atoms with van der Waals surface area (Å²) < 4.78 is 11.4. The van der Waals surface area contributed by atoms with Crippen LogP contribution in [0.5, 0.6) is 11.5 Å². The zero-order valence-corrected chi connectivity index (χ0v) is 22.4. The van der Waals surface area contributed by atoms with Crippen molar-refractivity contribution in [3.8, 4) is 11.5 Å². The Kier molecular flexibility index (Phi) is 14.0. The fourth-order valence-electron chi connectivity index (χ4n) is 3.01. The summed E-state index contributed by atoms with van der Waals surface area (Å²) in [6, 6.07) is 16.3. The Morgan fingerprint density at radius 2 is 1.48 bits per heavy atom. The third-order valence-electron chi connectivity index (χ3n) is 4.73. The lowest BCUT2D eigenvalue weighted by atomic mass is 10.1. The summed E-state index contributed by atoms with van der Waals surface area (Å²) in [5.74, 6) is 2.12. The molecule has 0 radical (unpaired) electrons. The van der Waals surface area contributed by atoms with Gasteiger partial charge in [-0.05, 0) is 49.9 Å². The number of hydrogen-bond donors (Lipinski definition) is 2. The first kappa shape index (κ1) is 28.5. The Labute approximate surface area is 215 Å². The van der Waals surface area contributed by atoms with E-state index >= 15 is 0 Å². The highest BCUT2D eigenvalue weighted by Gasteiger charge is 2.08. The third-order valence-corrected chi connectivity index (χ3v) is 4.73. The van der Waals surface area contributed by atoms with Crippen LogP contribution in [-0.2, 0) is 17.6 Å². The molecule has 0 aromatic heterocycles. The third kappa shape index (κ3) is 10.8. The smallest absolute Gasteiger partial charge is 0.243 e. The van der Waals surface area contributed by atoms with Gasteiger partial charge in [-0.2, -0.15) is 0 Å². The van der Waals surface area contributed by atoms with E-state index in [-0.39, 0.29) is 36.4 Å². The number of carbonyl (C=O) groups excluding carboxylic acids is 1. The van der Waals surface area contributed by atoms with Crippen LogP contribution in [0, 0.1) is 0 Å². The molecule has 8 heteroatoms. The first-order valence-electron chi connectivity index (χ1n) is 11.2. The van der Waals surface area contributed by atoms with Gasteiger partial charge in [0.15, 0.2) is 17.5 Å². The Morgan fingerprint density at radius 3 is 2.09 bits per heavy atom. The molecule has 0 heterocycles. The van der Waals surface area contributed by atoms with E-state index in [1.54, 1.807) is 19.0 Å². The second-order valence-corrected chi connectivity index (χ2v) is 7.44. The molecular formula is C25H37IN4O3. The molecule has 0 spiro atoms. The molecule has 0 bridgehead atoms. The van der Waals surface area contributed by atoms with E-state index in [0.29, 0.717) is 25.7 Å². The van der Waals surface area contributed by atoms with Gasteiger partial charge in [0.25, 0.3) is 0 Å². The first-order valence-corrected chi connectivity index (χ1v) is 11.2. The lowest BCUT2D eigenvalue weighted by Crippen LogP contribution is -2.40. The SMILES string of the molecule is CCOc1ccc(CCNC(=NCC(=O)N(C)C)NCCc2ccccc2)cc1OCC.I. The molecular weight excluding hydrogens is 531 g/mol. The van der Waals surface area contributed by atoms with Gasteiger partial charge in [0, 0.05) is 27.2 Å². The Balaban J connectivity index is 0.00000544. The fourth-order valence-corrected chi connectivity index (χ4v) is 3.01. The molecule has 1 amide bonds. The normalized spacial score (nSPS) is 10.7. The molecule has 2 N–H and O–H groups in total. The molecule has 0 saturated carbocycles. The van der Waals surface area contributed by atoms with Crippen LogP contribution < -0.4 is 20.1 Å². The summed E-state index contributed by atoms with van der Waals surface area (Å²) in [4.78, 5) is 18.0. The number of likely N-dealkylation sites (N-methyl/N-ethyl adjacent to an activating group) is 1. The fraction of sp³-hybridized carbons (Fsp3) is 0.440. The maximum atomic E-state index is 12.0. The summed E-state index contributed by atoms with van der Waals surface area (Å²) in [5.41, 5.74) is 2.39. The van der Waals surface area contributed by atoms with Crippen molar-refractivity contribution in [2.45, 2.75) is 26.7 Å². The quantitative estimate of drug-likeness (QED) is 0.233. The van der Waals surface area contributed by atoms with Crippen LogP contribution in [0.3, 0.4) is 0 Å². The molecule has 2 aromatic carbocycles. The number of aliphatic imine (C=N–C) groups is 1. The van der Waals surface area contributed by atoms with Crippen molar-refractivity contribution in [1.82, 2.24) is 15.5 Å². The van der Waals surface area contributed by atoms with Gasteiger partial charge in [-0.3, -0.25) is 4.79 Å². The zero-order chi connectivity index (χ0) is 23.2. The van der Waals surface area contributed by atoms with Gasteiger partial charge in [0.1, 0.15) is 6.54 Å². The molecule has 2 aromatic rings. The van der Waals surface area contributed by atoms with Crippen molar-refractivity contribution in [3.05, 3.63) is 59.7 Å². The first-order chi connectivity index (χ1) is 15.5. The number of nitrogens with zero attached hydrogens (tertiary/aromatic N) is 2. The summed E-state index contributed by atoms with van der Waals surface area (Å²) >= 11 is 0. The van der Waals surface area contributed by atoms with Crippen LogP contribution in [-0.4, -0.2) is 63.7 Å². The molecule has 33 heavy (non-hydrogen) atoms. The second-order valence-electron chi connectivity index (χ2n) is 7.44. The lowest BCUT2D eigenvalue weighted by Gasteiger charge is -2.15. The standard InChI is InChI=1S/C25H36N4O3.HI/c1-5-31-22-13-12-21(18-23(22)32-6-2)15-17-27-25(28-19-24(30)29(3)4)26-16-14-20-10-8-7-9-11-20;/h7-13,18H,5-6,14-17,19H2,1-4H3,(H2,26,27,28);1H. The molecule has 0 saturated heterocycles. The topological polar surface area (TPSA) is 75.2 Å². The predicted octanol–water partition coefficient (Wildman–Crippen LogP) is 3.51. The summed E-state index contributed by atoms with van der Waals surface area (Å²) in [6.45, 7) is 6.61. The van der Waals surface area contributed by atoms with Crippen molar-refractivity contribution >= 4 is 35.8 Å². The number of amides is 1. The summed E-state index contributed by atoms with van der Waals surface area (Å²) in [5, 5.41) is 6.67. The molecule has 0 aliphatic heterocycles. The van der Waals surface area contributed by atoms with E-state index < -0.39 is 0 Å². The van der Waals surface area contributed by atoms with Crippen LogP contribution in [0.25, 0.3) is 0 Å². The lowest BCUT2D eigenvalue weighted by molar-refractivity contribution is -0.127. The average molecular weight is 569 g/mol. The zero-order valence-electron chi connectivity index (χ0n) is 20.1. The minimum atomic E-state index is -0.0398. The molecule has 0 unspecified atom stereocenters. The largest absolute Gasteiger partial charge is 0.490 e.